The molecule has 21 heavy (non-hydrogen) atoms. The van der Waals surface area contributed by atoms with Crippen molar-refractivity contribution in [2.45, 2.75) is 38.5 Å². The van der Waals surface area contributed by atoms with Gasteiger partial charge in [0.1, 0.15) is 5.00 Å². The third-order valence-corrected chi connectivity index (χ3v) is 4.64. The van der Waals surface area contributed by atoms with Gasteiger partial charge in [-0.05, 0) is 37.7 Å². The van der Waals surface area contributed by atoms with Crippen LogP contribution in [0.2, 0.25) is 0 Å². The van der Waals surface area contributed by atoms with Crippen LogP contribution < -0.4 is 15.7 Å². The molecule has 0 saturated heterocycles. The van der Waals surface area contributed by atoms with Gasteiger partial charge in [0, 0.05) is 24.3 Å². The van der Waals surface area contributed by atoms with E-state index in [9.17, 15) is 19.5 Å². The van der Waals surface area contributed by atoms with Crippen LogP contribution in [0.4, 0.5) is 5.00 Å². The highest BCUT2D eigenvalue weighted by molar-refractivity contribution is 7.17. The van der Waals surface area contributed by atoms with Crippen LogP contribution in [0, 0.1) is 0 Å². The van der Waals surface area contributed by atoms with E-state index in [1.807, 2.05) is 0 Å². The SMILES string of the molecule is CNC(=O)c1c(NC(=O)CCC(=O)[O-])sc2c1CCCC2. The first kappa shape index (κ1) is 15.5. The average Bonchev–Trinajstić information content (AvgIpc) is 2.82. The van der Waals surface area contributed by atoms with Crippen molar-refractivity contribution in [1.82, 2.24) is 5.32 Å². The molecular formula is C14H17N2O4S-. The summed E-state index contributed by atoms with van der Waals surface area (Å²) in [4.78, 5) is 35.3. The number of aryl methyl sites for hydroxylation is 1. The van der Waals surface area contributed by atoms with Crippen LogP contribution in [-0.4, -0.2) is 24.8 Å². The molecule has 0 aliphatic heterocycles. The molecule has 0 unspecified atom stereocenters. The van der Waals surface area contributed by atoms with Crippen molar-refractivity contribution in [2.75, 3.05) is 12.4 Å². The number of rotatable bonds is 5. The lowest BCUT2D eigenvalue weighted by Gasteiger charge is -2.12. The molecule has 1 aliphatic rings. The number of carbonyl (C=O) groups excluding carboxylic acids is 3. The highest BCUT2D eigenvalue weighted by atomic mass is 32.1. The number of hydrogen-bond donors (Lipinski definition) is 2. The predicted molar refractivity (Wildman–Crippen MR) is 77.2 cm³/mol. The van der Waals surface area contributed by atoms with Gasteiger partial charge in [0.15, 0.2) is 0 Å². The Bertz CT molecular complexity index is 580. The van der Waals surface area contributed by atoms with Gasteiger partial charge in [-0.2, -0.15) is 0 Å². The standard InChI is InChI=1S/C14H18N2O4S/c1-15-13(20)12-8-4-2-3-5-9(8)21-14(12)16-10(17)6-7-11(18)19/h2-7H2,1H3,(H,15,20)(H,16,17)(H,18,19)/p-1. The Kier molecular flexibility index (Phi) is 4.95. The Balaban J connectivity index is 2.22. The molecule has 0 atom stereocenters. The fraction of sp³-hybridized carbons (Fsp3) is 0.500. The number of anilines is 1. The van der Waals surface area contributed by atoms with E-state index in [2.05, 4.69) is 10.6 Å². The maximum atomic E-state index is 12.1. The molecule has 1 aromatic rings. The third kappa shape index (κ3) is 3.60. The minimum Gasteiger partial charge on any atom is -0.550 e. The first-order chi connectivity index (χ1) is 10.0. The van der Waals surface area contributed by atoms with Crippen molar-refractivity contribution in [1.29, 1.82) is 0 Å². The van der Waals surface area contributed by atoms with Crippen LogP contribution in [0.3, 0.4) is 0 Å². The fourth-order valence-corrected chi connectivity index (χ4v) is 3.73. The molecule has 7 heteroatoms. The van der Waals surface area contributed by atoms with Gasteiger partial charge in [-0.25, -0.2) is 0 Å². The number of aliphatic carboxylic acids is 1. The maximum absolute atomic E-state index is 12.1. The summed E-state index contributed by atoms with van der Waals surface area (Å²) in [5.74, 6) is -1.89. The molecule has 1 aromatic heterocycles. The summed E-state index contributed by atoms with van der Waals surface area (Å²) in [6.07, 6.45) is 3.39. The number of carboxylic acids is 1. The normalized spacial score (nSPS) is 13.4. The summed E-state index contributed by atoms with van der Waals surface area (Å²) in [6.45, 7) is 0. The molecule has 0 saturated carbocycles. The van der Waals surface area contributed by atoms with Crippen LogP contribution >= 0.6 is 11.3 Å². The number of amides is 2. The maximum Gasteiger partial charge on any atom is 0.254 e. The van der Waals surface area contributed by atoms with Gasteiger partial charge in [-0.15, -0.1) is 11.3 Å². The largest absolute Gasteiger partial charge is 0.550 e. The molecule has 0 fully saturated rings. The van der Waals surface area contributed by atoms with Crippen molar-refractivity contribution in [3.63, 3.8) is 0 Å². The van der Waals surface area contributed by atoms with Crippen LogP contribution in [0.25, 0.3) is 0 Å². The van der Waals surface area contributed by atoms with Gasteiger partial charge < -0.3 is 20.5 Å². The Morgan fingerprint density at radius 1 is 1.19 bits per heavy atom. The summed E-state index contributed by atoms with van der Waals surface area (Å²) in [6, 6.07) is 0. The third-order valence-electron chi connectivity index (χ3n) is 3.43. The van der Waals surface area contributed by atoms with E-state index in [0.717, 1.165) is 36.1 Å². The molecule has 0 aromatic carbocycles. The van der Waals surface area contributed by atoms with Gasteiger partial charge >= 0.3 is 0 Å². The average molecular weight is 309 g/mol. The van der Waals surface area contributed by atoms with Crippen molar-refractivity contribution < 1.29 is 19.5 Å². The smallest absolute Gasteiger partial charge is 0.254 e. The second-order valence-electron chi connectivity index (χ2n) is 4.91. The van der Waals surface area contributed by atoms with E-state index in [4.69, 9.17) is 0 Å². The Hall–Kier alpha value is -1.89. The quantitative estimate of drug-likeness (QED) is 0.825. The summed E-state index contributed by atoms with van der Waals surface area (Å²) in [7, 11) is 1.55. The van der Waals surface area contributed by atoms with E-state index in [1.165, 1.54) is 11.3 Å². The first-order valence-corrected chi connectivity index (χ1v) is 7.71. The Morgan fingerprint density at radius 3 is 2.57 bits per heavy atom. The second kappa shape index (κ2) is 6.71. The van der Waals surface area contributed by atoms with E-state index in [-0.39, 0.29) is 18.7 Å². The summed E-state index contributed by atoms with van der Waals surface area (Å²) in [5.41, 5.74) is 1.54. The Morgan fingerprint density at radius 2 is 1.90 bits per heavy atom. The number of hydrogen-bond acceptors (Lipinski definition) is 5. The number of carboxylic acid groups (broad SMARTS) is 1. The van der Waals surface area contributed by atoms with Crippen molar-refractivity contribution in [3.8, 4) is 0 Å². The van der Waals surface area contributed by atoms with E-state index >= 15 is 0 Å². The molecule has 1 heterocycles. The highest BCUT2D eigenvalue weighted by Crippen LogP contribution is 2.38. The molecule has 114 valence electrons. The molecule has 0 spiro atoms. The molecular weight excluding hydrogens is 292 g/mol. The fourth-order valence-electron chi connectivity index (χ4n) is 2.42. The highest BCUT2D eigenvalue weighted by Gasteiger charge is 2.25. The zero-order chi connectivity index (χ0) is 15.4. The molecule has 0 bridgehead atoms. The zero-order valence-electron chi connectivity index (χ0n) is 11.8. The minimum absolute atomic E-state index is 0.155. The second-order valence-corrected chi connectivity index (χ2v) is 6.02. The first-order valence-electron chi connectivity index (χ1n) is 6.89. The van der Waals surface area contributed by atoms with E-state index in [1.54, 1.807) is 7.05 Å². The zero-order valence-corrected chi connectivity index (χ0v) is 12.6. The number of fused-ring (bicyclic) bond motifs is 1. The van der Waals surface area contributed by atoms with E-state index < -0.39 is 11.9 Å². The van der Waals surface area contributed by atoms with Gasteiger partial charge in [-0.3, -0.25) is 9.59 Å². The molecule has 0 radical (unpaired) electrons. The summed E-state index contributed by atoms with van der Waals surface area (Å²) < 4.78 is 0. The molecule has 6 nitrogen and oxygen atoms in total. The van der Waals surface area contributed by atoms with E-state index in [0.29, 0.717) is 10.6 Å². The monoisotopic (exact) mass is 309 g/mol. The number of nitrogens with one attached hydrogen (secondary N) is 2. The van der Waals surface area contributed by atoms with Crippen molar-refractivity contribution in [2.24, 2.45) is 0 Å². The predicted octanol–water partition coefficient (Wildman–Crippen LogP) is 0.455. The lowest BCUT2D eigenvalue weighted by molar-refractivity contribution is -0.305. The van der Waals surface area contributed by atoms with Gasteiger partial charge in [-0.1, -0.05) is 0 Å². The minimum atomic E-state index is -1.26. The molecule has 1 aliphatic carbocycles. The molecule has 2 amide bonds. The van der Waals surface area contributed by atoms with Crippen LogP contribution in [0.5, 0.6) is 0 Å². The Labute approximate surface area is 126 Å². The van der Waals surface area contributed by atoms with Crippen LogP contribution in [0.15, 0.2) is 0 Å². The van der Waals surface area contributed by atoms with Gasteiger partial charge in [0.2, 0.25) is 5.91 Å². The van der Waals surface area contributed by atoms with Crippen molar-refractivity contribution >= 4 is 34.1 Å². The number of carbonyl (C=O) groups is 3. The topological polar surface area (TPSA) is 98.3 Å². The molecule has 2 rings (SSSR count). The van der Waals surface area contributed by atoms with Gasteiger partial charge in [0.05, 0.1) is 5.56 Å². The van der Waals surface area contributed by atoms with Gasteiger partial charge in [0.25, 0.3) is 5.91 Å². The lowest BCUT2D eigenvalue weighted by atomic mass is 9.95. The molecule has 2 N–H and O–H groups in total. The van der Waals surface area contributed by atoms with Crippen molar-refractivity contribution in [3.05, 3.63) is 16.0 Å². The van der Waals surface area contributed by atoms with Crippen LogP contribution in [-0.2, 0) is 22.4 Å². The summed E-state index contributed by atoms with van der Waals surface area (Å²) in [5, 5.41) is 16.2. The van der Waals surface area contributed by atoms with Crippen LogP contribution in [0.1, 0.15) is 46.5 Å². The summed E-state index contributed by atoms with van der Waals surface area (Å²) >= 11 is 1.41. The lowest BCUT2D eigenvalue weighted by Crippen LogP contribution is -2.25. The number of thiophene rings is 1.